The van der Waals surface area contributed by atoms with Crippen LogP contribution in [0.5, 0.6) is 5.75 Å². The molecule has 6 heteroatoms. The lowest BCUT2D eigenvalue weighted by Gasteiger charge is -2.30. The molecule has 3 rings (SSSR count). The zero-order valence-electron chi connectivity index (χ0n) is 16.3. The number of aliphatic carboxylic acids is 2. The topological polar surface area (TPSA) is 87.1 Å². The summed E-state index contributed by atoms with van der Waals surface area (Å²) >= 11 is 0. The molecule has 1 aliphatic heterocycles. The van der Waals surface area contributed by atoms with Crippen LogP contribution < -0.4 is 4.74 Å². The normalized spacial score (nSPS) is 14.9. The minimum Gasteiger partial charge on any atom is -0.494 e. The predicted molar refractivity (Wildman–Crippen MR) is 109 cm³/mol. The maximum atomic E-state index is 9.10. The minimum atomic E-state index is -1.82. The van der Waals surface area contributed by atoms with E-state index in [9.17, 15) is 0 Å². The number of rotatable bonds is 6. The molecule has 2 aromatic carbocycles. The van der Waals surface area contributed by atoms with Crippen molar-refractivity contribution >= 4 is 22.7 Å². The molecule has 1 aliphatic rings. The Morgan fingerprint density at radius 2 is 1.64 bits per heavy atom. The van der Waals surface area contributed by atoms with E-state index in [0.717, 1.165) is 24.7 Å². The van der Waals surface area contributed by atoms with Gasteiger partial charge >= 0.3 is 11.9 Å². The molecule has 0 unspecified atom stereocenters. The van der Waals surface area contributed by atoms with Gasteiger partial charge in [-0.2, -0.15) is 0 Å². The smallest absolute Gasteiger partial charge is 0.414 e. The molecule has 0 aromatic heterocycles. The first-order chi connectivity index (χ1) is 13.5. The molecule has 6 nitrogen and oxygen atoms in total. The van der Waals surface area contributed by atoms with Gasteiger partial charge in [0, 0.05) is 0 Å². The summed E-state index contributed by atoms with van der Waals surface area (Å²) in [5.74, 6) is -1.73. The lowest BCUT2D eigenvalue weighted by molar-refractivity contribution is -0.159. The second kappa shape index (κ2) is 11.3. The molecule has 28 heavy (non-hydrogen) atoms. The number of ether oxygens (including phenoxy) is 1. The Kier molecular flexibility index (Phi) is 8.75. The Morgan fingerprint density at radius 3 is 2.29 bits per heavy atom. The first-order valence-electron chi connectivity index (χ1n) is 9.76. The highest BCUT2D eigenvalue weighted by molar-refractivity contribution is 6.27. The molecule has 0 spiro atoms. The van der Waals surface area contributed by atoms with Crippen LogP contribution in [0.2, 0.25) is 0 Å². The molecule has 0 saturated carbocycles. The van der Waals surface area contributed by atoms with E-state index in [1.165, 1.54) is 49.7 Å². The van der Waals surface area contributed by atoms with E-state index in [2.05, 4.69) is 54.3 Å². The molecular weight excluding hydrogens is 358 g/mol. The summed E-state index contributed by atoms with van der Waals surface area (Å²) < 4.78 is 5.90. The Labute approximate surface area is 165 Å². The molecule has 1 heterocycles. The van der Waals surface area contributed by atoms with Gasteiger partial charge in [-0.1, -0.05) is 37.3 Å². The number of hydrogen-bond donors (Lipinski definition) is 2. The Morgan fingerprint density at radius 1 is 1.00 bits per heavy atom. The third-order valence-corrected chi connectivity index (χ3v) is 4.92. The van der Waals surface area contributed by atoms with Gasteiger partial charge in [-0.15, -0.1) is 0 Å². The predicted octanol–water partition coefficient (Wildman–Crippen LogP) is 3.89. The highest BCUT2D eigenvalue weighted by Gasteiger charge is 2.14. The third-order valence-electron chi connectivity index (χ3n) is 4.92. The van der Waals surface area contributed by atoms with Crippen molar-refractivity contribution in [3.05, 3.63) is 42.5 Å². The average molecular weight is 387 g/mol. The summed E-state index contributed by atoms with van der Waals surface area (Å²) in [5.41, 5.74) is 0. The first-order valence-corrected chi connectivity index (χ1v) is 9.76. The second-order valence-corrected chi connectivity index (χ2v) is 7.20. The van der Waals surface area contributed by atoms with Crippen LogP contribution in [0.4, 0.5) is 0 Å². The van der Waals surface area contributed by atoms with Gasteiger partial charge in [0.2, 0.25) is 0 Å². The number of nitrogens with zero attached hydrogens (tertiary/aromatic N) is 1. The summed E-state index contributed by atoms with van der Waals surface area (Å²) in [6.45, 7) is 6.99. The number of hydrogen-bond acceptors (Lipinski definition) is 4. The van der Waals surface area contributed by atoms with E-state index in [4.69, 9.17) is 24.5 Å². The fraction of sp³-hybridized carbons (Fsp3) is 0.455. The third kappa shape index (κ3) is 7.56. The van der Waals surface area contributed by atoms with Crippen molar-refractivity contribution in [2.24, 2.45) is 5.92 Å². The van der Waals surface area contributed by atoms with Crippen molar-refractivity contribution in [3.63, 3.8) is 0 Å². The number of carbonyl (C=O) groups is 2. The van der Waals surface area contributed by atoms with Crippen LogP contribution in [0.15, 0.2) is 42.5 Å². The monoisotopic (exact) mass is 387 g/mol. The van der Waals surface area contributed by atoms with E-state index in [1.54, 1.807) is 0 Å². The van der Waals surface area contributed by atoms with Crippen LogP contribution in [-0.2, 0) is 9.59 Å². The lowest BCUT2D eigenvalue weighted by atomic mass is 9.99. The highest BCUT2D eigenvalue weighted by atomic mass is 16.5. The van der Waals surface area contributed by atoms with E-state index in [1.807, 2.05) is 0 Å². The van der Waals surface area contributed by atoms with E-state index >= 15 is 0 Å². The van der Waals surface area contributed by atoms with Crippen LogP contribution in [0.1, 0.15) is 32.6 Å². The van der Waals surface area contributed by atoms with Gasteiger partial charge in [0.15, 0.2) is 0 Å². The molecule has 1 saturated heterocycles. The summed E-state index contributed by atoms with van der Waals surface area (Å²) in [7, 11) is 0. The number of fused-ring (bicyclic) bond motifs is 1. The van der Waals surface area contributed by atoms with Crippen LogP contribution in [-0.4, -0.2) is 53.3 Å². The van der Waals surface area contributed by atoms with Crippen molar-refractivity contribution in [1.29, 1.82) is 0 Å². The van der Waals surface area contributed by atoms with Gasteiger partial charge < -0.3 is 19.8 Å². The fourth-order valence-electron chi connectivity index (χ4n) is 3.17. The van der Waals surface area contributed by atoms with E-state index in [0.29, 0.717) is 0 Å². The maximum Gasteiger partial charge on any atom is 0.414 e. The Balaban J connectivity index is 0.000000409. The number of piperidine rings is 1. The standard InChI is InChI=1S/C20H27NO.C2H2O4/c1-17-10-13-21(14-11-17)12-4-5-15-22-20-9-8-18-6-2-3-7-19(18)16-20;3-1(4)2(5)6/h2-3,6-9,16-17H,4-5,10-15H2,1H3;(H,3,4)(H,5,6). The van der Waals surface area contributed by atoms with Gasteiger partial charge in [-0.05, 0) is 74.1 Å². The van der Waals surface area contributed by atoms with Crippen LogP contribution in [0, 0.1) is 5.92 Å². The van der Waals surface area contributed by atoms with E-state index in [-0.39, 0.29) is 0 Å². The number of carboxylic acid groups (broad SMARTS) is 2. The van der Waals surface area contributed by atoms with Crippen LogP contribution in [0.3, 0.4) is 0 Å². The van der Waals surface area contributed by atoms with Gasteiger partial charge in [0.1, 0.15) is 5.75 Å². The molecular formula is C22H29NO5. The molecule has 1 fully saturated rings. The van der Waals surface area contributed by atoms with Crippen molar-refractivity contribution in [2.45, 2.75) is 32.6 Å². The number of likely N-dealkylation sites (tertiary alicyclic amines) is 1. The van der Waals surface area contributed by atoms with Crippen molar-refractivity contribution in [2.75, 3.05) is 26.2 Å². The van der Waals surface area contributed by atoms with Gasteiger partial charge in [0.25, 0.3) is 0 Å². The zero-order chi connectivity index (χ0) is 20.4. The zero-order valence-corrected chi connectivity index (χ0v) is 16.3. The van der Waals surface area contributed by atoms with Crippen molar-refractivity contribution < 1.29 is 24.5 Å². The summed E-state index contributed by atoms with van der Waals surface area (Å²) in [5, 5.41) is 17.3. The van der Waals surface area contributed by atoms with Gasteiger partial charge in [0.05, 0.1) is 6.61 Å². The Hall–Kier alpha value is -2.60. The van der Waals surface area contributed by atoms with Gasteiger partial charge in [-0.3, -0.25) is 0 Å². The minimum absolute atomic E-state index is 0.822. The largest absolute Gasteiger partial charge is 0.494 e. The quantitative estimate of drug-likeness (QED) is 0.578. The molecule has 0 radical (unpaired) electrons. The maximum absolute atomic E-state index is 9.10. The lowest BCUT2D eigenvalue weighted by Crippen LogP contribution is -2.33. The molecule has 152 valence electrons. The molecule has 0 amide bonds. The molecule has 0 atom stereocenters. The SMILES string of the molecule is CC1CCN(CCCCOc2ccc3ccccc3c2)CC1.O=C(O)C(=O)O. The molecule has 0 bridgehead atoms. The molecule has 0 aliphatic carbocycles. The van der Waals surface area contributed by atoms with Crippen LogP contribution in [0.25, 0.3) is 10.8 Å². The van der Waals surface area contributed by atoms with Crippen molar-refractivity contribution in [3.8, 4) is 5.75 Å². The molecule has 2 N–H and O–H groups in total. The number of unbranched alkanes of at least 4 members (excludes halogenated alkanes) is 1. The average Bonchev–Trinajstić information content (AvgIpc) is 2.69. The van der Waals surface area contributed by atoms with Gasteiger partial charge in [-0.25, -0.2) is 9.59 Å². The van der Waals surface area contributed by atoms with Crippen LogP contribution >= 0.6 is 0 Å². The summed E-state index contributed by atoms with van der Waals surface area (Å²) in [4.78, 5) is 20.8. The Bertz CT molecular complexity index is 756. The first kappa shape index (κ1) is 21.7. The summed E-state index contributed by atoms with van der Waals surface area (Å²) in [6.07, 6.45) is 5.11. The molecule has 2 aromatic rings. The summed E-state index contributed by atoms with van der Waals surface area (Å²) in [6, 6.07) is 14.8. The highest BCUT2D eigenvalue weighted by Crippen LogP contribution is 2.21. The van der Waals surface area contributed by atoms with Crippen molar-refractivity contribution in [1.82, 2.24) is 4.90 Å². The second-order valence-electron chi connectivity index (χ2n) is 7.20. The fourth-order valence-corrected chi connectivity index (χ4v) is 3.17. The number of benzene rings is 2. The number of carboxylic acids is 2. The van der Waals surface area contributed by atoms with E-state index < -0.39 is 11.9 Å².